The molecule has 0 N–H and O–H groups in total. The van der Waals surface area contributed by atoms with Gasteiger partial charge >= 0.3 is 0 Å². The average molecular weight is 382 g/mol. The van der Waals surface area contributed by atoms with Gasteiger partial charge in [0, 0.05) is 5.56 Å². The Kier molecular flexibility index (Phi) is 3.89. The number of aryl methyl sites for hydroxylation is 1. The highest BCUT2D eigenvalue weighted by molar-refractivity contribution is 5.89. The average Bonchev–Trinajstić information content (AvgIpc) is 3.14. The molecule has 146 valence electrons. The molecule has 6 heteroatoms. The number of ether oxygens (including phenoxy) is 4. The van der Waals surface area contributed by atoms with E-state index < -0.39 is 0 Å². The molecule has 2 unspecified atom stereocenters. The van der Waals surface area contributed by atoms with Gasteiger partial charge in [0.15, 0.2) is 11.5 Å². The van der Waals surface area contributed by atoms with Crippen LogP contribution < -0.4 is 14.9 Å². The molecule has 1 aromatic carbocycles. The molecule has 1 aromatic heterocycles. The second-order valence-electron chi connectivity index (χ2n) is 7.96. The minimum atomic E-state index is -0.286. The van der Waals surface area contributed by atoms with E-state index >= 15 is 0 Å². The summed E-state index contributed by atoms with van der Waals surface area (Å²) in [6.07, 6.45) is 8.57. The summed E-state index contributed by atoms with van der Waals surface area (Å²) >= 11 is 0. The predicted molar refractivity (Wildman–Crippen MR) is 104 cm³/mol. The quantitative estimate of drug-likeness (QED) is 0.791. The van der Waals surface area contributed by atoms with Crippen molar-refractivity contribution in [1.82, 2.24) is 0 Å². The Morgan fingerprint density at radius 2 is 2.04 bits per heavy atom. The zero-order valence-electron chi connectivity index (χ0n) is 16.1. The molecule has 0 spiro atoms. The third kappa shape index (κ3) is 2.67. The van der Waals surface area contributed by atoms with Gasteiger partial charge in [0.25, 0.3) is 0 Å². The number of rotatable bonds is 2. The first-order valence-corrected chi connectivity index (χ1v) is 9.45. The minimum Gasteiger partial charge on any atom is -0.493 e. The Labute approximate surface area is 162 Å². The van der Waals surface area contributed by atoms with E-state index in [9.17, 15) is 4.79 Å². The van der Waals surface area contributed by atoms with E-state index in [0.717, 1.165) is 24.0 Å². The maximum absolute atomic E-state index is 13.3. The first-order valence-electron chi connectivity index (χ1n) is 9.45. The van der Waals surface area contributed by atoms with Crippen LogP contribution in [0, 0.1) is 0 Å². The smallest absolute Gasteiger partial charge is 0.200 e. The van der Waals surface area contributed by atoms with E-state index in [1.165, 1.54) is 6.26 Å². The first kappa shape index (κ1) is 17.5. The van der Waals surface area contributed by atoms with Gasteiger partial charge in [-0.15, -0.1) is 0 Å². The Morgan fingerprint density at radius 1 is 1.21 bits per heavy atom. The van der Waals surface area contributed by atoms with Crippen molar-refractivity contribution in [2.45, 2.75) is 44.5 Å². The van der Waals surface area contributed by atoms with E-state index in [1.54, 1.807) is 13.2 Å². The summed E-state index contributed by atoms with van der Waals surface area (Å²) in [7, 11) is 1.59. The van der Waals surface area contributed by atoms with Crippen molar-refractivity contribution in [2.75, 3.05) is 13.9 Å². The van der Waals surface area contributed by atoms with Crippen LogP contribution in [-0.4, -0.2) is 31.7 Å². The summed E-state index contributed by atoms with van der Waals surface area (Å²) in [6.45, 7) is 4.35. The Bertz CT molecular complexity index is 1070. The van der Waals surface area contributed by atoms with Gasteiger partial charge in [0.1, 0.15) is 36.4 Å². The number of fused-ring (bicyclic) bond motifs is 4. The van der Waals surface area contributed by atoms with Gasteiger partial charge < -0.3 is 23.4 Å². The van der Waals surface area contributed by atoms with Gasteiger partial charge in [-0.2, -0.15) is 0 Å². The van der Waals surface area contributed by atoms with E-state index in [2.05, 4.69) is 0 Å². The van der Waals surface area contributed by atoms with Gasteiger partial charge in [-0.1, -0.05) is 12.2 Å². The van der Waals surface area contributed by atoms with Gasteiger partial charge in [0.2, 0.25) is 5.43 Å². The molecule has 0 saturated carbocycles. The summed E-state index contributed by atoms with van der Waals surface area (Å²) in [4.78, 5) is 13.3. The molecular formula is C22H22O6. The van der Waals surface area contributed by atoms with E-state index in [0.29, 0.717) is 28.0 Å². The molecule has 3 heterocycles. The largest absolute Gasteiger partial charge is 0.493 e. The maximum atomic E-state index is 13.3. The number of methoxy groups -OCH3 is 1. The number of allylic oxidation sites excluding steroid dienone is 2. The molecule has 0 radical (unpaired) electrons. The lowest BCUT2D eigenvalue weighted by atomic mass is 9.91. The highest BCUT2D eigenvalue weighted by atomic mass is 16.7. The van der Waals surface area contributed by atoms with Crippen LogP contribution in [0.1, 0.15) is 31.4 Å². The monoisotopic (exact) mass is 382 g/mol. The van der Waals surface area contributed by atoms with Crippen LogP contribution in [0.2, 0.25) is 0 Å². The van der Waals surface area contributed by atoms with E-state index in [4.69, 9.17) is 23.4 Å². The molecule has 0 bridgehead atoms. The second-order valence-corrected chi connectivity index (χ2v) is 7.96. The molecule has 2 atom stereocenters. The lowest BCUT2D eigenvalue weighted by Crippen LogP contribution is -2.33. The molecule has 3 aliphatic rings. The summed E-state index contributed by atoms with van der Waals surface area (Å²) in [5.74, 6) is 1.22. The van der Waals surface area contributed by atoms with Crippen molar-refractivity contribution in [1.29, 1.82) is 0 Å². The second kappa shape index (κ2) is 6.22. The van der Waals surface area contributed by atoms with Crippen LogP contribution in [0.3, 0.4) is 0 Å². The lowest BCUT2D eigenvalue weighted by Gasteiger charge is -2.33. The van der Waals surface area contributed by atoms with E-state index in [-0.39, 0.29) is 30.0 Å². The van der Waals surface area contributed by atoms with Crippen molar-refractivity contribution >= 4 is 16.5 Å². The topological polar surface area (TPSA) is 67.1 Å². The molecule has 0 amide bonds. The fraction of sp³-hybridized carbons (Fsp3) is 0.409. The van der Waals surface area contributed by atoms with Crippen molar-refractivity contribution in [3.8, 4) is 11.5 Å². The van der Waals surface area contributed by atoms with Crippen LogP contribution in [0.5, 0.6) is 11.5 Å². The summed E-state index contributed by atoms with van der Waals surface area (Å²) < 4.78 is 28.7. The standard InChI is InChI=1S/C22H22O6/c1-22(2)7-6-13-20-14(9-18(24-3)21(13)28-22)19(23)15(10-25-20)12-4-5-16-17(8-12)27-11-26-16/h4-5,8-10,16-17H,6-7,11H2,1-3H3. The lowest BCUT2D eigenvalue weighted by molar-refractivity contribution is 0.0504. The summed E-state index contributed by atoms with van der Waals surface area (Å²) in [5.41, 5.74) is 2.34. The minimum absolute atomic E-state index is 0.0936. The van der Waals surface area contributed by atoms with Gasteiger partial charge in [-0.3, -0.25) is 4.79 Å². The molecule has 28 heavy (non-hydrogen) atoms. The first-order chi connectivity index (χ1) is 13.5. The van der Waals surface area contributed by atoms with Crippen LogP contribution in [-0.2, 0) is 15.9 Å². The number of benzene rings is 1. The van der Waals surface area contributed by atoms with Crippen LogP contribution in [0.25, 0.3) is 16.5 Å². The Balaban J connectivity index is 1.67. The third-order valence-corrected chi connectivity index (χ3v) is 5.62. The molecule has 1 aliphatic carbocycles. The normalized spacial score (nSPS) is 25.0. The summed E-state index contributed by atoms with van der Waals surface area (Å²) in [5, 5.41) is 0.497. The maximum Gasteiger partial charge on any atom is 0.200 e. The fourth-order valence-corrected chi connectivity index (χ4v) is 4.04. The Hall–Kier alpha value is -2.57. The van der Waals surface area contributed by atoms with Crippen LogP contribution in [0.15, 0.2) is 39.8 Å². The zero-order valence-corrected chi connectivity index (χ0v) is 16.1. The highest BCUT2D eigenvalue weighted by Gasteiger charge is 2.33. The van der Waals surface area contributed by atoms with Crippen LogP contribution >= 0.6 is 0 Å². The molecule has 2 aliphatic heterocycles. The SMILES string of the molecule is COc1cc2c(=O)c(C3=CC4OCOC4C=C3)coc2c2c1OC(C)(C)CC2. The van der Waals surface area contributed by atoms with Crippen LogP contribution in [0.4, 0.5) is 0 Å². The molecule has 2 aromatic rings. The molecule has 5 rings (SSSR count). The van der Waals surface area contributed by atoms with Gasteiger partial charge in [-0.05, 0) is 44.4 Å². The highest BCUT2D eigenvalue weighted by Crippen LogP contribution is 2.44. The van der Waals surface area contributed by atoms with E-state index in [1.807, 2.05) is 32.1 Å². The number of hydrogen-bond acceptors (Lipinski definition) is 6. The molecule has 1 fully saturated rings. The van der Waals surface area contributed by atoms with Crippen molar-refractivity contribution in [3.05, 3.63) is 51.9 Å². The molecule has 1 saturated heterocycles. The van der Waals surface area contributed by atoms with Crippen molar-refractivity contribution in [3.63, 3.8) is 0 Å². The summed E-state index contributed by atoms with van der Waals surface area (Å²) in [6, 6.07) is 1.72. The van der Waals surface area contributed by atoms with Crippen molar-refractivity contribution < 1.29 is 23.4 Å². The fourth-order valence-electron chi connectivity index (χ4n) is 4.04. The van der Waals surface area contributed by atoms with Gasteiger partial charge in [-0.25, -0.2) is 0 Å². The van der Waals surface area contributed by atoms with Gasteiger partial charge in [0.05, 0.1) is 18.1 Å². The number of hydrogen-bond donors (Lipinski definition) is 0. The Morgan fingerprint density at radius 3 is 2.86 bits per heavy atom. The molecular weight excluding hydrogens is 360 g/mol. The van der Waals surface area contributed by atoms with Crippen molar-refractivity contribution in [2.24, 2.45) is 0 Å². The third-order valence-electron chi connectivity index (χ3n) is 5.62. The predicted octanol–water partition coefficient (Wildman–Crippen LogP) is 3.60. The molecule has 6 nitrogen and oxygen atoms in total. The zero-order chi connectivity index (χ0) is 19.5.